The molecule has 25 heavy (non-hydrogen) atoms. The van der Waals surface area contributed by atoms with Gasteiger partial charge < -0.3 is 14.9 Å². The summed E-state index contributed by atoms with van der Waals surface area (Å²) in [7, 11) is 0. The Bertz CT molecular complexity index is 672. The third-order valence-electron chi connectivity index (χ3n) is 6.25. The quantitative estimate of drug-likeness (QED) is 0.899. The first-order valence-electron chi connectivity index (χ1n) is 9.47. The topological polar surface area (TPSA) is 60.9 Å². The Labute approximate surface area is 148 Å². The number of hydrogen-bond donors (Lipinski definition) is 1. The molecular formula is C20H26N2O3. The zero-order valence-electron chi connectivity index (χ0n) is 14.6. The molecule has 0 bridgehead atoms. The molecule has 1 spiro atoms. The van der Waals surface area contributed by atoms with Gasteiger partial charge in [-0.05, 0) is 56.4 Å². The first-order chi connectivity index (χ1) is 12.1. The molecule has 2 atom stereocenters. The number of nitrogens with zero attached hydrogens (tertiary/aromatic N) is 2. The van der Waals surface area contributed by atoms with Crippen molar-refractivity contribution in [2.24, 2.45) is 5.41 Å². The highest BCUT2D eigenvalue weighted by Crippen LogP contribution is 2.45. The summed E-state index contributed by atoms with van der Waals surface area (Å²) in [6.45, 7) is 2.19. The van der Waals surface area contributed by atoms with E-state index < -0.39 is 0 Å². The van der Waals surface area contributed by atoms with E-state index >= 15 is 0 Å². The van der Waals surface area contributed by atoms with Gasteiger partial charge in [-0.15, -0.1) is 0 Å². The molecule has 0 aromatic heterocycles. The van der Waals surface area contributed by atoms with Crippen LogP contribution < -0.4 is 4.90 Å². The van der Waals surface area contributed by atoms with Crippen LogP contribution >= 0.6 is 0 Å². The van der Waals surface area contributed by atoms with E-state index in [1.54, 1.807) is 4.90 Å². The predicted octanol–water partition coefficient (Wildman–Crippen LogP) is 2.58. The van der Waals surface area contributed by atoms with Gasteiger partial charge in [-0.25, -0.2) is 0 Å². The lowest BCUT2D eigenvalue weighted by Crippen LogP contribution is -2.49. The number of aliphatic hydroxyl groups is 1. The normalized spacial score (nSPS) is 29.6. The van der Waals surface area contributed by atoms with Crippen molar-refractivity contribution in [2.75, 3.05) is 24.5 Å². The van der Waals surface area contributed by atoms with Crippen LogP contribution in [-0.4, -0.2) is 47.6 Å². The van der Waals surface area contributed by atoms with E-state index in [9.17, 15) is 14.7 Å². The third kappa shape index (κ3) is 2.95. The summed E-state index contributed by atoms with van der Waals surface area (Å²) >= 11 is 0. The Hall–Kier alpha value is -1.88. The number of anilines is 1. The molecule has 1 aromatic rings. The largest absolute Gasteiger partial charge is 0.392 e. The van der Waals surface area contributed by atoms with Crippen LogP contribution in [0.25, 0.3) is 0 Å². The summed E-state index contributed by atoms with van der Waals surface area (Å²) in [6, 6.07) is 7.41. The molecule has 0 radical (unpaired) electrons. The summed E-state index contributed by atoms with van der Waals surface area (Å²) in [5, 5.41) is 10.4. The Balaban J connectivity index is 1.48. The van der Waals surface area contributed by atoms with Crippen molar-refractivity contribution >= 4 is 17.5 Å². The fraction of sp³-hybridized carbons (Fsp3) is 0.600. The van der Waals surface area contributed by atoms with Gasteiger partial charge in [0.1, 0.15) is 0 Å². The third-order valence-corrected chi connectivity index (χ3v) is 6.25. The van der Waals surface area contributed by atoms with Crippen molar-refractivity contribution in [2.45, 2.75) is 51.0 Å². The monoisotopic (exact) mass is 342 g/mol. The summed E-state index contributed by atoms with van der Waals surface area (Å²) in [6.07, 6.45) is 6.16. The lowest BCUT2D eigenvalue weighted by Gasteiger charge is -2.42. The number of hydrogen-bond acceptors (Lipinski definition) is 3. The van der Waals surface area contributed by atoms with Crippen molar-refractivity contribution in [1.82, 2.24) is 4.90 Å². The Morgan fingerprint density at radius 3 is 2.48 bits per heavy atom. The van der Waals surface area contributed by atoms with Gasteiger partial charge in [-0.2, -0.15) is 0 Å². The average Bonchev–Trinajstić information content (AvgIpc) is 3.21. The van der Waals surface area contributed by atoms with Gasteiger partial charge in [0.2, 0.25) is 5.91 Å². The van der Waals surface area contributed by atoms with Gasteiger partial charge >= 0.3 is 0 Å². The minimum atomic E-state index is -0.272. The molecule has 2 aliphatic heterocycles. The van der Waals surface area contributed by atoms with Crippen LogP contribution in [0, 0.1) is 5.41 Å². The zero-order chi connectivity index (χ0) is 17.4. The molecule has 0 unspecified atom stereocenters. The highest BCUT2D eigenvalue weighted by atomic mass is 16.3. The van der Waals surface area contributed by atoms with Crippen LogP contribution in [0.4, 0.5) is 5.69 Å². The van der Waals surface area contributed by atoms with Gasteiger partial charge in [-0.1, -0.05) is 6.42 Å². The zero-order valence-corrected chi connectivity index (χ0v) is 14.6. The molecule has 1 saturated carbocycles. The van der Waals surface area contributed by atoms with E-state index in [0.717, 1.165) is 57.3 Å². The predicted molar refractivity (Wildman–Crippen MR) is 95.5 cm³/mol. The standard InChI is InChI=1S/C20H26N2O3/c23-17-4-1-10-20(17)11-3-12-21(14-20)19(25)15-6-8-16(9-7-15)22-13-2-5-18(22)24/h6-9,17,23H,1-5,10-14H2/t17-,20-/m1/s1. The second-order valence-electron chi connectivity index (χ2n) is 7.80. The molecule has 1 aromatic carbocycles. The first kappa shape index (κ1) is 16.6. The molecule has 2 saturated heterocycles. The fourth-order valence-corrected chi connectivity index (χ4v) is 4.82. The Morgan fingerprint density at radius 2 is 1.84 bits per heavy atom. The van der Waals surface area contributed by atoms with Gasteiger partial charge in [0.05, 0.1) is 6.10 Å². The molecule has 2 amide bonds. The smallest absolute Gasteiger partial charge is 0.253 e. The molecular weight excluding hydrogens is 316 g/mol. The van der Waals surface area contributed by atoms with Gasteiger partial charge in [0.25, 0.3) is 5.91 Å². The second-order valence-corrected chi connectivity index (χ2v) is 7.80. The maximum absolute atomic E-state index is 12.9. The van der Waals surface area contributed by atoms with Crippen LogP contribution in [0.15, 0.2) is 24.3 Å². The maximum atomic E-state index is 12.9. The van der Waals surface area contributed by atoms with Crippen LogP contribution in [0.3, 0.4) is 0 Å². The van der Waals surface area contributed by atoms with Crippen LogP contribution in [0.1, 0.15) is 55.3 Å². The SMILES string of the molecule is O=C(c1ccc(N2CCCC2=O)cc1)N1CCC[C@]2(CCC[C@H]2O)C1. The van der Waals surface area contributed by atoms with E-state index in [2.05, 4.69) is 0 Å². The number of carbonyl (C=O) groups is 2. The molecule has 134 valence electrons. The lowest BCUT2D eigenvalue weighted by molar-refractivity contribution is -0.117. The lowest BCUT2D eigenvalue weighted by atomic mass is 9.76. The summed E-state index contributed by atoms with van der Waals surface area (Å²) < 4.78 is 0. The Kier molecular flexibility index (Phi) is 4.28. The van der Waals surface area contributed by atoms with Crippen molar-refractivity contribution in [3.63, 3.8) is 0 Å². The number of piperidine rings is 1. The molecule has 1 N–H and O–H groups in total. The number of benzene rings is 1. The maximum Gasteiger partial charge on any atom is 0.253 e. The van der Waals surface area contributed by atoms with Crippen LogP contribution in [-0.2, 0) is 4.79 Å². The highest BCUT2D eigenvalue weighted by molar-refractivity contribution is 5.97. The minimum absolute atomic E-state index is 0.0393. The molecule has 3 aliphatic rings. The van der Waals surface area contributed by atoms with E-state index in [0.29, 0.717) is 18.5 Å². The van der Waals surface area contributed by atoms with E-state index in [4.69, 9.17) is 0 Å². The molecule has 1 aliphatic carbocycles. The fourth-order valence-electron chi connectivity index (χ4n) is 4.82. The molecule has 5 heteroatoms. The number of amides is 2. The van der Waals surface area contributed by atoms with E-state index in [1.807, 2.05) is 29.2 Å². The second kappa shape index (κ2) is 6.45. The Morgan fingerprint density at radius 1 is 1.08 bits per heavy atom. The van der Waals surface area contributed by atoms with Crippen molar-refractivity contribution in [3.8, 4) is 0 Å². The summed E-state index contributed by atoms with van der Waals surface area (Å²) in [4.78, 5) is 28.5. The van der Waals surface area contributed by atoms with Crippen molar-refractivity contribution in [1.29, 1.82) is 0 Å². The van der Waals surface area contributed by atoms with E-state index in [-0.39, 0.29) is 23.3 Å². The molecule has 5 nitrogen and oxygen atoms in total. The van der Waals surface area contributed by atoms with Gasteiger partial charge in [0, 0.05) is 42.7 Å². The summed E-state index contributed by atoms with van der Waals surface area (Å²) in [5.41, 5.74) is 1.45. The average molecular weight is 342 g/mol. The van der Waals surface area contributed by atoms with Gasteiger partial charge in [-0.3, -0.25) is 9.59 Å². The highest BCUT2D eigenvalue weighted by Gasteiger charge is 2.45. The molecule has 4 rings (SSSR count). The van der Waals surface area contributed by atoms with Crippen molar-refractivity contribution in [3.05, 3.63) is 29.8 Å². The van der Waals surface area contributed by atoms with Crippen LogP contribution in [0.5, 0.6) is 0 Å². The summed E-state index contributed by atoms with van der Waals surface area (Å²) in [5.74, 6) is 0.199. The number of carbonyl (C=O) groups excluding carboxylic acids is 2. The first-order valence-corrected chi connectivity index (χ1v) is 9.47. The van der Waals surface area contributed by atoms with Crippen molar-refractivity contribution < 1.29 is 14.7 Å². The number of likely N-dealkylation sites (tertiary alicyclic amines) is 1. The van der Waals surface area contributed by atoms with Crippen LogP contribution in [0.2, 0.25) is 0 Å². The molecule has 3 fully saturated rings. The molecule has 2 heterocycles. The minimum Gasteiger partial charge on any atom is -0.392 e. The van der Waals surface area contributed by atoms with E-state index in [1.165, 1.54) is 0 Å². The number of rotatable bonds is 2. The number of aliphatic hydroxyl groups excluding tert-OH is 1. The van der Waals surface area contributed by atoms with Gasteiger partial charge in [0.15, 0.2) is 0 Å².